The lowest BCUT2D eigenvalue weighted by Crippen LogP contribution is -2.09. The molecule has 0 saturated heterocycles. The standard InChI is InChI=1S/C11H15NOS/c1-3-6-13-10-7-9(11(12)14)5-4-8(10)2/h4-5,7H,3,6H2,1-2H3,(H2,12,14). The second-order valence-electron chi connectivity index (χ2n) is 3.19. The molecule has 0 amide bonds. The lowest BCUT2D eigenvalue weighted by atomic mass is 10.1. The molecule has 0 atom stereocenters. The molecule has 1 aromatic carbocycles. The number of aryl methyl sites for hydroxylation is 1. The Morgan fingerprint density at radius 3 is 2.79 bits per heavy atom. The van der Waals surface area contributed by atoms with Crippen LogP contribution in [0.2, 0.25) is 0 Å². The Hall–Kier alpha value is -1.09. The molecule has 0 aromatic heterocycles. The van der Waals surface area contributed by atoms with Crippen LogP contribution in [-0.4, -0.2) is 11.6 Å². The zero-order valence-corrected chi connectivity index (χ0v) is 9.36. The number of rotatable bonds is 4. The highest BCUT2D eigenvalue weighted by molar-refractivity contribution is 7.80. The van der Waals surface area contributed by atoms with E-state index in [-0.39, 0.29) is 0 Å². The van der Waals surface area contributed by atoms with E-state index >= 15 is 0 Å². The summed E-state index contributed by atoms with van der Waals surface area (Å²) in [6.45, 7) is 4.81. The van der Waals surface area contributed by atoms with Gasteiger partial charge in [0.1, 0.15) is 10.7 Å². The number of ether oxygens (including phenoxy) is 1. The molecule has 0 aliphatic heterocycles. The van der Waals surface area contributed by atoms with Gasteiger partial charge in [-0.2, -0.15) is 0 Å². The Kier molecular flexibility index (Phi) is 3.89. The van der Waals surface area contributed by atoms with Crippen molar-refractivity contribution < 1.29 is 4.74 Å². The average Bonchev–Trinajstić information content (AvgIpc) is 2.16. The van der Waals surface area contributed by atoms with Crippen molar-refractivity contribution in [3.63, 3.8) is 0 Å². The minimum Gasteiger partial charge on any atom is -0.493 e. The van der Waals surface area contributed by atoms with Crippen LogP contribution in [0.15, 0.2) is 18.2 Å². The second-order valence-corrected chi connectivity index (χ2v) is 3.63. The van der Waals surface area contributed by atoms with Gasteiger partial charge < -0.3 is 10.5 Å². The van der Waals surface area contributed by atoms with Crippen molar-refractivity contribution in [3.05, 3.63) is 29.3 Å². The van der Waals surface area contributed by atoms with E-state index in [0.29, 0.717) is 4.99 Å². The zero-order chi connectivity index (χ0) is 10.6. The van der Waals surface area contributed by atoms with Crippen LogP contribution >= 0.6 is 12.2 Å². The third kappa shape index (κ3) is 2.70. The summed E-state index contributed by atoms with van der Waals surface area (Å²) in [5.41, 5.74) is 7.50. The Bertz CT molecular complexity index is 336. The molecule has 0 radical (unpaired) electrons. The molecule has 1 aromatic rings. The van der Waals surface area contributed by atoms with E-state index in [9.17, 15) is 0 Å². The molecule has 0 fully saturated rings. The SMILES string of the molecule is CCCOc1cc(C(N)=S)ccc1C. The molecule has 0 unspecified atom stereocenters. The molecule has 0 saturated carbocycles. The number of hydrogen-bond acceptors (Lipinski definition) is 2. The van der Waals surface area contributed by atoms with Crippen LogP contribution in [0.3, 0.4) is 0 Å². The summed E-state index contributed by atoms with van der Waals surface area (Å²) in [4.78, 5) is 0.409. The molecule has 2 N–H and O–H groups in total. The van der Waals surface area contributed by atoms with Crippen LogP contribution in [0.1, 0.15) is 24.5 Å². The number of nitrogens with two attached hydrogens (primary N) is 1. The Morgan fingerprint density at radius 2 is 2.21 bits per heavy atom. The fraction of sp³-hybridized carbons (Fsp3) is 0.364. The summed E-state index contributed by atoms with van der Waals surface area (Å²) in [5, 5.41) is 0. The number of benzene rings is 1. The topological polar surface area (TPSA) is 35.2 Å². The van der Waals surface area contributed by atoms with Crippen LogP contribution in [-0.2, 0) is 0 Å². The second kappa shape index (κ2) is 4.96. The Labute approximate surface area is 90.1 Å². The van der Waals surface area contributed by atoms with Gasteiger partial charge in [0.25, 0.3) is 0 Å². The fourth-order valence-corrected chi connectivity index (χ4v) is 1.25. The van der Waals surface area contributed by atoms with Crippen molar-refractivity contribution in [2.24, 2.45) is 5.73 Å². The maximum absolute atomic E-state index is 5.56. The molecule has 3 heteroatoms. The van der Waals surface area contributed by atoms with Gasteiger partial charge in [-0.05, 0) is 25.0 Å². The van der Waals surface area contributed by atoms with E-state index in [1.54, 1.807) is 0 Å². The predicted molar refractivity (Wildman–Crippen MR) is 62.9 cm³/mol. The first-order valence-corrected chi connectivity index (χ1v) is 5.09. The third-order valence-corrected chi connectivity index (χ3v) is 2.17. The fourth-order valence-electron chi connectivity index (χ4n) is 1.12. The van der Waals surface area contributed by atoms with Crippen LogP contribution < -0.4 is 10.5 Å². The van der Waals surface area contributed by atoms with Gasteiger partial charge in [-0.1, -0.05) is 31.3 Å². The molecule has 0 aliphatic carbocycles. The highest BCUT2D eigenvalue weighted by atomic mass is 32.1. The molecule has 0 spiro atoms. The van der Waals surface area contributed by atoms with Crippen LogP contribution in [0.4, 0.5) is 0 Å². The van der Waals surface area contributed by atoms with Crippen LogP contribution in [0.25, 0.3) is 0 Å². The summed E-state index contributed by atoms with van der Waals surface area (Å²) in [6.07, 6.45) is 0.997. The molecule has 1 rings (SSSR count). The summed E-state index contributed by atoms with van der Waals surface area (Å²) in [5.74, 6) is 0.872. The lowest BCUT2D eigenvalue weighted by Gasteiger charge is -2.09. The maximum atomic E-state index is 5.56. The number of thiocarbonyl (C=S) groups is 1. The largest absolute Gasteiger partial charge is 0.493 e. The van der Waals surface area contributed by atoms with Crippen molar-refractivity contribution in [1.82, 2.24) is 0 Å². The van der Waals surface area contributed by atoms with Crippen molar-refractivity contribution in [2.75, 3.05) is 6.61 Å². The summed E-state index contributed by atoms with van der Waals surface area (Å²) >= 11 is 4.90. The average molecular weight is 209 g/mol. The highest BCUT2D eigenvalue weighted by Gasteiger charge is 2.02. The molecule has 0 heterocycles. The van der Waals surface area contributed by atoms with Crippen LogP contribution in [0, 0.1) is 6.92 Å². The van der Waals surface area contributed by atoms with Crippen molar-refractivity contribution >= 4 is 17.2 Å². The molecular weight excluding hydrogens is 194 g/mol. The van der Waals surface area contributed by atoms with Crippen molar-refractivity contribution in [2.45, 2.75) is 20.3 Å². The van der Waals surface area contributed by atoms with Gasteiger partial charge in [-0.3, -0.25) is 0 Å². The molecule has 0 bridgehead atoms. The van der Waals surface area contributed by atoms with Gasteiger partial charge in [-0.15, -0.1) is 0 Å². The van der Waals surface area contributed by atoms with Crippen LogP contribution in [0.5, 0.6) is 5.75 Å². The summed E-state index contributed by atoms with van der Waals surface area (Å²) in [7, 11) is 0. The first-order valence-electron chi connectivity index (χ1n) is 4.68. The number of hydrogen-bond donors (Lipinski definition) is 1. The first kappa shape index (κ1) is 11.0. The van der Waals surface area contributed by atoms with Crippen molar-refractivity contribution in [1.29, 1.82) is 0 Å². The quantitative estimate of drug-likeness (QED) is 0.773. The van der Waals surface area contributed by atoms with Gasteiger partial charge in [0, 0.05) is 5.56 Å². The van der Waals surface area contributed by atoms with E-state index in [4.69, 9.17) is 22.7 Å². The van der Waals surface area contributed by atoms with Gasteiger partial charge in [0.15, 0.2) is 0 Å². The first-order chi connectivity index (χ1) is 6.65. The Morgan fingerprint density at radius 1 is 1.50 bits per heavy atom. The maximum Gasteiger partial charge on any atom is 0.122 e. The molecule has 76 valence electrons. The molecular formula is C11H15NOS. The summed E-state index contributed by atoms with van der Waals surface area (Å²) in [6, 6.07) is 5.78. The molecule has 2 nitrogen and oxygen atoms in total. The highest BCUT2D eigenvalue weighted by Crippen LogP contribution is 2.19. The van der Waals surface area contributed by atoms with Gasteiger partial charge in [0.2, 0.25) is 0 Å². The van der Waals surface area contributed by atoms with E-state index in [1.165, 1.54) is 0 Å². The van der Waals surface area contributed by atoms with Gasteiger partial charge >= 0.3 is 0 Å². The predicted octanol–water partition coefficient (Wildman–Crippen LogP) is 2.42. The summed E-state index contributed by atoms with van der Waals surface area (Å²) < 4.78 is 5.56. The van der Waals surface area contributed by atoms with Crippen molar-refractivity contribution in [3.8, 4) is 5.75 Å². The Balaban J connectivity index is 2.90. The molecule has 14 heavy (non-hydrogen) atoms. The third-order valence-electron chi connectivity index (χ3n) is 1.93. The monoisotopic (exact) mass is 209 g/mol. The van der Waals surface area contributed by atoms with E-state index in [0.717, 1.165) is 29.9 Å². The zero-order valence-electron chi connectivity index (χ0n) is 8.54. The smallest absolute Gasteiger partial charge is 0.122 e. The normalized spacial score (nSPS) is 9.86. The minimum atomic E-state index is 0.409. The van der Waals surface area contributed by atoms with E-state index in [1.807, 2.05) is 25.1 Å². The lowest BCUT2D eigenvalue weighted by molar-refractivity contribution is 0.315. The minimum absolute atomic E-state index is 0.409. The molecule has 0 aliphatic rings. The van der Waals surface area contributed by atoms with E-state index < -0.39 is 0 Å². The van der Waals surface area contributed by atoms with E-state index in [2.05, 4.69) is 6.92 Å². The van der Waals surface area contributed by atoms with Gasteiger partial charge in [0.05, 0.1) is 6.61 Å². The van der Waals surface area contributed by atoms with Gasteiger partial charge in [-0.25, -0.2) is 0 Å².